The number of aromatic nitrogens is 3. The molecule has 2 aromatic heterocycles. The minimum Gasteiger partial charge on any atom is -0.381 e. The first-order valence-electron chi connectivity index (χ1n) is 11.1. The summed E-state index contributed by atoms with van der Waals surface area (Å²) in [6.45, 7) is 0.685. The van der Waals surface area contributed by atoms with Gasteiger partial charge in [0, 0.05) is 17.2 Å². The molecule has 0 spiro atoms. The Morgan fingerprint density at radius 2 is 1.82 bits per heavy atom. The van der Waals surface area contributed by atoms with Crippen LogP contribution in [0.4, 0.5) is 36.6 Å². The second kappa shape index (κ2) is 8.27. The number of benzene rings is 1. The molecule has 9 nitrogen and oxygen atoms in total. The fraction of sp³-hybridized carbons (Fsp3) is 0.409. The van der Waals surface area contributed by atoms with Crippen LogP contribution in [-0.4, -0.2) is 51.6 Å². The van der Waals surface area contributed by atoms with E-state index in [-0.39, 0.29) is 40.6 Å². The lowest BCUT2D eigenvalue weighted by molar-refractivity contribution is -0.298. The first-order valence-corrected chi connectivity index (χ1v) is 12.6. The maximum Gasteiger partial charge on any atom is 0.492 e. The van der Waals surface area contributed by atoms with Gasteiger partial charge < -0.3 is 10.6 Å². The van der Waals surface area contributed by atoms with E-state index in [0.29, 0.717) is 11.8 Å². The van der Waals surface area contributed by atoms with Gasteiger partial charge in [0.25, 0.3) is 10.0 Å². The molecule has 2 heterocycles. The number of alkyl halides is 7. The van der Waals surface area contributed by atoms with E-state index >= 15 is 0 Å². The zero-order valence-electron chi connectivity index (χ0n) is 19.8. The molecule has 2 N–H and O–H groups in total. The van der Waals surface area contributed by atoms with Crippen LogP contribution >= 0.6 is 0 Å². The number of nitrogens with zero attached hydrogens (tertiary/aromatic N) is 4. The molecule has 3 aromatic rings. The molecule has 3 aliphatic rings. The Morgan fingerprint density at radius 3 is 2.38 bits per heavy atom. The van der Waals surface area contributed by atoms with Crippen molar-refractivity contribution >= 4 is 27.5 Å². The van der Waals surface area contributed by atoms with E-state index in [9.17, 15) is 43.9 Å². The summed E-state index contributed by atoms with van der Waals surface area (Å²) in [5.41, 5.74) is 2.07. The van der Waals surface area contributed by atoms with Gasteiger partial charge in [-0.05, 0) is 48.4 Å². The Morgan fingerprint density at radius 1 is 1.18 bits per heavy atom. The number of hydrogen-bond donors (Lipinski definition) is 1. The number of fused-ring (bicyclic) bond motifs is 1. The largest absolute Gasteiger partial charge is 0.492 e. The molecule has 3 saturated carbocycles. The first kappa shape index (κ1) is 27.1. The van der Waals surface area contributed by atoms with E-state index in [1.54, 1.807) is 0 Å². The Kier molecular flexibility index (Phi) is 5.75. The summed E-state index contributed by atoms with van der Waals surface area (Å²) in [6.07, 6.45) is -9.11. The number of nitrogens with two attached hydrogens (primary N) is 1. The van der Waals surface area contributed by atoms with E-state index in [1.165, 1.54) is 13.0 Å². The molecule has 0 aliphatic heterocycles. The quantitative estimate of drug-likeness (QED) is 0.342. The Hall–Kier alpha value is -3.47. The highest BCUT2D eigenvalue weighted by Crippen LogP contribution is 2.70. The standard InChI is InChI=1S/C22H18F7N5O4S/c1-11-2-3-12(4-13(11)14-5-31-17-16(30)32-15(6-33(14)17)21(24,25)26)39(36,37)34(38-18(35)22(27,28)29)20-7-19(8-20,9-20)10-23/h2-6H,7-10H2,1H3,(H2,30,32). The smallest absolute Gasteiger partial charge is 0.381 e. The summed E-state index contributed by atoms with van der Waals surface area (Å²) in [5.74, 6) is -3.32. The number of rotatable bonds is 6. The lowest BCUT2D eigenvalue weighted by Crippen LogP contribution is -2.76. The highest BCUT2D eigenvalue weighted by molar-refractivity contribution is 7.89. The topological polar surface area (TPSA) is 120 Å². The molecule has 0 unspecified atom stereocenters. The zero-order valence-corrected chi connectivity index (χ0v) is 20.6. The van der Waals surface area contributed by atoms with Crippen LogP contribution in [0, 0.1) is 12.3 Å². The monoisotopic (exact) mass is 581 g/mol. The second-order valence-electron chi connectivity index (χ2n) is 9.82. The summed E-state index contributed by atoms with van der Waals surface area (Å²) in [6, 6.07) is 3.31. The highest BCUT2D eigenvalue weighted by Gasteiger charge is 2.74. The van der Waals surface area contributed by atoms with Gasteiger partial charge in [-0.15, -0.1) is 0 Å². The summed E-state index contributed by atoms with van der Waals surface area (Å²) in [4.78, 5) is 22.6. The van der Waals surface area contributed by atoms with E-state index in [4.69, 9.17) is 5.73 Å². The maximum atomic E-state index is 13.6. The number of hydrogen-bond acceptors (Lipinski definition) is 7. The van der Waals surface area contributed by atoms with Gasteiger partial charge >= 0.3 is 18.3 Å². The average molecular weight is 581 g/mol. The summed E-state index contributed by atoms with van der Waals surface area (Å²) >= 11 is 0. The first-order chi connectivity index (χ1) is 17.9. The van der Waals surface area contributed by atoms with Gasteiger partial charge in [0.15, 0.2) is 17.2 Å². The van der Waals surface area contributed by atoms with Gasteiger partial charge in [-0.1, -0.05) is 6.07 Å². The second-order valence-corrected chi connectivity index (χ2v) is 11.6. The molecule has 0 amide bonds. The third-order valence-electron chi connectivity index (χ3n) is 6.99. The van der Waals surface area contributed by atoms with Crippen molar-refractivity contribution < 1.29 is 48.8 Å². The minimum absolute atomic E-state index is 0.0140. The fourth-order valence-electron chi connectivity index (χ4n) is 5.28. The number of nitrogen functional groups attached to an aromatic ring is 1. The summed E-state index contributed by atoms with van der Waals surface area (Å²) in [5, 5.41) is 0. The molecule has 1 aromatic carbocycles. The number of aryl methyl sites for hydroxylation is 1. The van der Waals surface area contributed by atoms with E-state index < -0.39 is 62.4 Å². The maximum absolute atomic E-state index is 13.6. The molecule has 210 valence electrons. The van der Waals surface area contributed by atoms with Crippen molar-refractivity contribution in [3.8, 4) is 11.3 Å². The molecular weight excluding hydrogens is 563 g/mol. The molecule has 17 heteroatoms. The van der Waals surface area contributed by atoms with Crippen molar-refractivity contribution in [1.82, 2.24) is 18.8 Å². The lowest BCUT2D eigenvalue weighted by atomic mass is 9.40. The van der Waals surface area contributed by atoms with Crippen LogP contribution < -0.4 is 5.73 Å². The third kappa shape index (κ3) is 4.18. The number of halogens is 7. The SMILES string of the molecule is Cc1ccc(S(=O)(=O)N(OC(=O)C(F)(F)F)C23CC(CF)(C2)C3)cc1-c1cnc2c(N)nc(C(F)(F)F)cn12. The molecule has 0 saturated heterocycles. The Balaban J connectivity index is 1.60. The van der Waals surface area contributed by atoms with Gasteiger partial charge in [-0.25, -0.2) is 23.2 Å². The van der Waals surface area contributed by atoms with Crippen LogP contribution in [0.25, 0.3) is 16.9 Å². The molecule has 6 rings (SSSR count). The van der Waals surface area contributed by atoms with Crippen molar-refractivity contribution in [3.63, 3.8) is 0 Å². The van der Waals surface area contributed by atoms with Crippen molar-refractivity contribution in [1.29, 1.82) is 0 Å². The van der Waals surface area contributed by atoms with E-state index in [1.807, 2.05) is 0 Å². The molecule has 2 bridgehead atoms. The van der Waals surface area contributed by atoms with Crippen molar-refractivity contribution in [2.24, 2.45) is 5.41 Å². The van der Waals surface area contributed by atoms with Crippen molar-refractivity contribution in [3.05, 3.63) is 41.9 Å². The van der Waals surface area contributed by atoms with Crippen LogP contribution in [-0.2, 0) is 25.8 Å². The number of imidazole rings is 1. The minimum atomic E-state index is -5.52. The van der Waals surface area contributed by atoms with Crippen LogP contribution in [0.1, 0.15) is 30.5 Å². The number of hydroxylamine groups is 1. The number of carbonyl (C=O) groups excluding carboxylic acids is 1. The Labute approximate surface area is 215 Å². The summed E-state index contributed by atoms with van der Waals surface area (Å²) in [7, 11) is -4.97. The third-order valence-corrected chi connectivity index (χ3v) is 8.74. The number of carbonyl (C=O) groups is 1. The normalized spacial score (nSPS) is 23.0. The zero-order chi connectivity index (χ0) is 28.8. The predicted octanol–water partition coefficient (Wildman–Crippen LogP) is 4.21. The van der Waals surface area contributed by atoms with Crippen molar-refractivity contribution in [2.75, 3.05) is 12.4 Å². The van der Waals surface area contributed by atoms with Crippen molar-refractivity contribution in [2.45, 2.75) is 49.0 Å². The van der Waals surface area contributed by atoms with Gasteiger partial charge in [0.2, 0.25) is 0 Å². The van der Waals surface area contributed by atoms with Gasteiger partial charge in [0.05, 0.1) is 29.0 Å². The number of sulfonamides is 1. The summed E-state index contributed by atoms with van der Waals surface area (Å²) < 4.78 is 120. The molecule has 39 heavy (non-hydrogen) atoms. The van der Waals surface area contributed by atoms with Gasteiger partial charge in [0.1, 0.15) is 0 Å². The predicted molar refractivity (Wildman–Crippen MR) is 119 cm³/mol. The van der Waals surface area contributed by atoms with Crippen LogP contribution in [0.2, 0.25) is 0 Å². The molecule has 0 atom stereocenters. The average Bonchev–Trinajstić information content (AvgIpc) is 3.20. The lowest BCUT2D eigenvalue weighted by Gasteiger charge is -2.70. The van der Waals surface area contributed by atoms with E-state index in [0.717, 1.165) is 22.7 Å². The number of anilines is 1. The van der Waals surface area contributed by atoms with Crippen LogP contribution in [0.5, 0.6) is 0 Å². The fourth-order valence-corrected chi connectivity index (χ4v) is 6.85. The molecule has 3 aliphatic carbocycles. The Bertz CT molecular complexity index is 1600. The van der Waals surface area contributed by atoms with Crippen LogP contribution in [0.3, 0.4) is 0 Å². The highest BCUT2D eigenvalue weighted by atomic mass is 32.2. The van der Waals surface area contributed by atoms with Gasteiger partial charge in [-0.3, -0.25) is 8.79 Å². The van der Waals surface area contributed by atoms with Gasteiger partial charge in [-0.2, -0.15) is 26.3 Å². The molecule has 0 radical (unpaired) electrons. The van der Waals surface area contributed by atoms with E-state index in [2.05, 4.69) is 14.8 Å². The molecular formula is C22H18F7N5O4S. The molecule has 3 fully saturated rings. The van der Waals surface area contributed by atoms with Crippen LogP contribution in [0.15, 0.2) is 35.5 Å².